The summed E-state index contributed by atoms with van der Waals surface area (Å²) in [6.45, 7) is 2.24. The van der Waals surface area contributed by atoms with Gasteiger partial charge in [0.25, 0.3) is 5.56 Å². The van der Waals surface area contributed by atoms with Crippen molar-refractivity contribution in [3.8, 4) is 12.3 Å². The first-order valence-corrected chi connectivity index (χ1v) is 10.4. The van der Waals surface area contributed by atoms with Gasteiger partial charge in [0.15, 0.2) is 0 Å². The highest BCUT2D eigenvalue weighted by Gasteiger charge is 2.21. The molecule has 2 aromatic rings. The normalized spacial score (nSPS) is 14.9. The minimum atomic E-state index is -0.685. The molecule has 1 aliphatic carbocycles. The quantitative estimate of drug-likeness (QED) is 0.458. The molecule has 0 saturated carbocycles. The van der Waals surface area contributed by atoms with Crippen LogP contribution in [0.25, 0.3) is 10.2 Å². The largest absolute Gasteiger partial charge is 0.389 e. The van der Waals surface area contributed by atoms with Crippen molar-refractivity contribution in [2.45, 2.75) is 38.3 Å². The van der Waals surface area contributed by atoms with Crippen LogP contribution in [0.4, 0.5) is 0 Å². The average molecular weight is 406 g/mol. The molecule has 7 nitrogen and oxygen atoms in total. The number of aromatic nitrogens is 2. The first kappa shape index (κ1) is 21.0. The van der Waals surface area contributed by atoms with E-state index in [2.05, 4.69) is 10.9 Å². The summed E-state index contributed by atoms with van der Waals surface area (Å²) in [4.78, 5) is 24.5. The van der Waals surface area contributed by atoms with Crippen molar-refractivity contribution in [1.82, 2.24) is 14.9 Å². The van der Waals surface area contributed by atoms with Crippen LogP contribution in [0, 0.1) is 12.3 Å². The number of rotatable bonds is 10. The van der Waals surface area contributed by atoms with E-state index < -0.39 is 6.10 Å². The summed E-state index contributed by atoms with van der Waals surface area (Å²) in [5.74, 6) is 2.98. The third kappa shape index (κ3) is 5.19. The molecule has 0 spiro atoms. The third-order valence-electron chi connectivity index (χ3n) is 4.82. The van der Waals surface area contributed by atoms with Gasteiger partial charge in [-0.15, -0.1) is 17.8 Å². The second-order valence-electron chi connectivity index (χ2n) is 7.00. The molecule has 3 rings (SSSR count). The predicted molar refractivity (Wildman–Crippen MR) is 110 cm³/mol. The lowest BCUT2D eigenvalue weighted by atomic mass is 9.97. The van der Waals surface area contributed by atoms with Crippen molar-refractivity contribution in [1.29, 1.82) is 0 Å². The van der Waals surface area contributed by atoms with E-state index in [1.807, 2.05) is 4.90 Å². The molecule has 1 aliphatic rings. The van der Waals surface area contributed by atoms with Gasteiger partial charge in [0, 0.05) is 25.1 Å². The second-order valence-corrected chi connectivity index (χ2v) is 8.09. The first-order chi connectivity index (χ1) is 13.6. The molecule has 8 heteroatoms. The number of aromatic amines is 1. The molecular weight excluding hydrogens is 378 g/mol. The highest BCUT2D eigenvalue weighted by atomic mass is 32.1. The maximum atomic E-state index is 12.7. The lowest BCUT2D eigenvalue weighted by Crippen LogP contribution is -2.37. The van der Waals surface area contributed by atoms with Crippen LogP contribution in [0.15, 0.2) is 4.79 Å². The zero-order valence-corrected chi connectivity index (χ0v) is 17.0. The molecule has 152 valence electrons. The zero-order valence-electron chi connectivity index (χ0n) is 16.2. The Morgan fingerprint density at radius 3 is 3.04 bits per heavy atom. The van der Waals surface area contributed by atoms with Crippen LogP contribution >= 0.6 is 11.3 Å². The van der Waals surface area contributed by atoms with Crippen LogP contribution in [0.3, 0.4) is 0 Å². The fourth-order valence-corrected chi connectivity index (χ4v) is 4.84. The number of aryl methyl sites for hydroxylation is 2. The number of aliphatic hydroxyl groups excluding tert-OH is 1. The maximum Gasteiger partial charge on any atom is 0.259 e. The summed E-state index contributed by atoms with van der Waals surface area (Å²) >= 11 is 1.64. The molecule has 0 aromatic carbocycles. The molecular formula is C20H27N3O4S. The van der Waals surface area contributed by atoms with Crippen molar-refractivity contribution >= 4 is 21.6 Å². The monoisotopic (exact) mass is 405 g/mol. The Hall–Kier alpha value is -1.76. The van der Waals surface area contributed by atoms with Gasteiger partial charge in [-0.1, -0.05) is 5.92 Å². The van der Waals surface area contributed by atoms with Gasteiger partial charge in [-0.3, -0.25) is 9.69 Å². The van der Waals surface area contributed by atoms with E-state index in [-0.39, 0.29) is 18.8 Å². The number of thiophene rings is 1. The van der Waals surface area contributed by atoms with Crippen LogP contribution in [0.5, 0.6) is 0 Å². The molecule has 2 aromatic heterocycles. The number of nitrogens with one attached hydrogen (secondary N) is 1. The van der Waals surface area contributed by atoms with Crippen molar-refractivity contribution < 1.29 is 14.6 Å². The van der Waals surface area contributed by atoms with E-state index in [0.717, 1.165) is 29.5 Å². The average Bonchev–Trinajstić information content (AvgIpc) is 3.05. The molecule has 0 amide bonds. The summed E-state index contributed by atoms with van der Waals surface area (Å²) < 4.78 is 10.4. The van der Waals surface area contributed by atoms with Crippen molar-refractivity contribution in [2.75, 3.05) is 40.0 Å². The molecule has 0 radical (unpaired) electrons. The van der Waals surface area contributed by atoms with Crippen LogP contribution < -0.4 is 5.56 Å². The number of methoxy groups -OCH3 is 1. The van der Waals surface area contributed by atoms with Gasteiger partial charge < -0.3 is 19.6 Å². The number of H-pyrrole nitrogens is 1. The number of nitrogens with zero attached hydrogens (tertiary/aromatic N) is 2. The highest BCUT2D eigenvalue weighted by Crippen LogP contribution is 2.33. The molecule has 0 saturated heterocycles. The molecule has 0 unspecified atom stereocenters. The van der Waals surface area contributed by atoms with Crippen molar-refractivity contribution in [3.63, 3.8) is 0 Å². The summed E-state index contributed by atoms with van der Waals surface area (Å²) in [5, 5.41) is 11.0. The second kappa shape index (κ2) is 10.1. The van der Waals surface area contributed by atoms with Crippen LogP contribution in [0.1, 0.15) is 29.1 Å². The van der Waals surface area contributed by atoms with E-state index in [9.17, 15) is 9.90 Å². The van der Waals surface area contributed by atoms with E-state index in [1.165, 1.54) is 16.9 Å². The SMILES string of the molecule is C#CCOC[C@@H](O)CN(CCOC)Cc1nc2sc3c(c2c(=O)[nH]1)CCCC3. The minimum Gasteiger partial charge on any atom is -0.389 e. The van der Waals surface area contributed by atoms with Crippen molar-refractivity contribution in [2.24, 2.45) is 0 Å². The molecule has 0 fully saturated rings. The third-order valence-corrected chi connectivity index (χ3v) is 6.01. The molecule has 1 atom stereocenters. The fraction of sp³-hybridized carbons (Fsp3) is 0.600. The van der Waals surface area contributed by atoms with Gasteiger partial charge >= 0.3 is 0 Å². The molecule has 0 bridgehead atoms. The van der Waals surface area contributed by atoms with E-state index in [1.54, 1.807) is 18.4 Å². The minimum absolute atomic E-state index is 0.0657. The van der Waals surface area contributed by atoms with Crippen LogP contribution in [0.2, 0.25) is 0 Å². The maximum absolute atomic E-state index is 12.7. The molecule has 2 heterocycles. The van der Waals surface area contributed by atoms with Crippen LogP contribution in [-0.4, -0.2) is 66.1 Å². The standard InChI is InChI=1S/C20H27N3O4S/c1-3-9-27-13-14(24)11-23(8-10-26-2)12-17-21-19(25)18-15-6-4-5-7-16(15)28-20(18)22-17/h1,14,24H,4-13H2,2H3,(H,21,22,25)/t14-/m0/s1. The van der Waals surface area contributed by atoms with Gasteiger partial charge in [0.05, 0.1) is 31.2 Å². The van der Waals surface area contributed by atoms with Gasteiger partial charge in [-0.05, 0) is 31.2 Å². The predicted octanol–water partition coefficient (Wildman–Crippen LogP) is 1.32. The van der Waals surface area contributed by atoms with E-state index in [4.69, 9.17) is 20.9 Å². The van der Waals surface area contributed by atoms with Crippen molar-refractivity contribution in [3.05, 3.63) is 26.6 Å². The van der Waals surface area contributed by atoms with Gasteiger partial charge in [0.1, 0.15) is 17.3 Å². The fourth-order valence-electron chi connectivity index (χ4n) is 3.56. The number of fused-ring (bicyclic) bond motifs is 3. The summed E-state index contributed by atoms with van der Waals surface area (Å²) in [7, 11) is 1.63. The van der Waals surface area contributed by atoms with Gasteiger partial charge in [-0.2, -0.15) is 0 Å². The number of hydrogen-bond donors (Lipinski definition) is 2. The number of hydrogen-bond acceptors (Lipinski definition) is 7. The Bertz CT molecular complexity index is 886. The number of aliphatic hydroxyl groups is 1. The number of terminal acetylenes is 1. The van der Waals surface area contributed by atoms with Gasteiger partial charge in [0.2, 0.25) is 0 Å². The summed E-state index contributed by atoms with van der Waals surface area (Å²) in [6.07, 6.45) is 8.77. The Morgan fingerprint density at radius 1 is 1.43 bits per heavy atom. The van der Waals surface area contributed by atoms with E-state index in [0.29, 0.717) is 32.1 Å². The Morgan fingerprint density at radius 2 is 2.25 bits per heavy atom. The lowest BCUT2D eigenvalue weighted by Gasteiger charge is -2.24. The Kier molecular flexibility index (Phi) is 7.59. The number of ether oxygens (including phenoxy) is 2. The molecule has 28 heavy (non-hydrogen) atoms. The molecule has 0 aliphatic heterocycles. The summed E-state index contributed by atoms with van der Waals surface area (Å²) in [5.41, 5.74) is 1.12. The van der Waals surface area contributed by atoms with E-state index >= 15 is 0 Å². The van der Waals surface area contributed by atoms with Gasteiger partial charge in [-0.25, -0.2) is 4.98 Å². The smallest absolute Gasteiger partial charge is 0.259 e. The Labute approximate surface area is 168 Å². The molecule has 2 N–H and O–H groups in total. The lowest BCUT2D eigenvalue weighted by molar-refractivity contribution is 0.0202. The Balaban J connectivity index is 1.75. The topological polar surface area (TPSA) is 87.7 Å². The first-order valence-electron chi connectivity index (χ1n) is 9.56. The highest BCUT2D eigenvalue weighted by molar-refractivity contribution is 7.18. The summed E-state index contributed by atoms with van der Waals surface area (Å²) in [6, 6.07) is 0. The zero-order chi connectivity index (χ0) is 19.9. The van der Waals surface area contributed by atoms with Crippen LogP contribution in [-0.2, 0) is 28.9 Å².